The number of amides is 2. The van der Waals surface area contributed by atoms with Crippen molar-refractivity contribution in [3.8, 4) is 11.1 Å². The maximum Gasteiger partial charge on any atom is 0.414 e. The zero-order chi connectivity index (χ0) is 26.2. The van der Waals surface area contributed by atoms with Crippen molar-refractivity contribution in [2.45, 2.75) is 32.1 Å². The molecule has 0 spiro atoms. The standard InChI is InChI=1S/C25H25F4N5O2/c1-14-12-34(13-15(2)33(14)3)22-9-20(26)17(16-5-4-6-30-10-16)7-21(22)32-24(36)18-11-31-23(35)8-19(18)25(27,28)29/h4-11,14-15,18H,12-13H2,1-3H3,(H,32,36)/t14-,15+,18?. The van der Waals surface area contributed by atoms with Gasteiger partial charge < -0.3 is 10.2 Å². The predicted molar refractivity (Wildman–Crippen MR) is 128 cm³/mol. The molecule has 3 atom stereocenters. The molecule has 1 N–H and O–H groups in total. The molecule has 0 aliphatic carbocycles. The molecule has 0 saturated carbocycles. The van der Waals surface area contributed by atoms with E-state index in [0.717, 1.165) is 0 Å². The molecule has 2 aromatic rings. The van der Waals surface area contributed by atoms with Crippen LogP contribution in [0, 0.1) is 11.7 Å². The molecule has 4 rings (SSSR count). The number of alkyl halides is 3. The first-order valence-electron chi connectivity index (χ1n) is 11.3. The van der Waals surface area contributed by atoms with E-state index in [0.29, 0.717) is 36.6 Å². The molecule has 7 nitrogen and oxygen atoms in total. The van der Waals surface area contributed by atoms with Gasteiger partial charge in [0.15, 0.2) is 0 Å². The number of aliphatic imine (C=N–C) groups is 1. The Morgan fingerprint density at radius 2 is 1.86 bits per heavy atom. The van der Waals surface area contributed by atoms with Gasteiger partial charge in [-0.3, -0.25) is 19.5 Å². The molecule has 11 heteroatoms. The molecule has 3 heterocycles. The van der Waals surface area contributed by atoms with Gasteiger partial charge in [0.05, 0.1) is 16.9 Å². The van der Waals surface area contributed by atoms with Crippen LogP contribution in [0.25, 0.3) is 11.1 Å². The number of nitrogens with zero attached hydrogens (tertiary/aromatic N) is 4. The molecule has 2 aliphatic rings. The monoisotopic (exact) mass is 503 g/mol. The fourth-order valence-electron chi connectivity index (χ4n) is 4.43. The number of rotatable bonds is 4. The number of anilines is 2. The number of likely N-dealkylation sites (N-methyl/N-ethyl adjacent to an activating group) is 1. The minimum atomic E-state index is -4.90. The third kappa shape index (κ3) is 5.15. The van der Waals surface area contributed by atoms with Gasteiger partial charge in [0.1, 0.15) is 11.7 Å². The van der Waals surface area contributed by atoms with E-state index in [-0.39, 0.29) is 23.3 Å². The van der Waals surface area contributed by atoms with Gasteiger partial charge in [-0.2, -0.15) is 13.2 Å². The number of carbonyl (C=O) groups excluding carboxylic acids is 2. The molecule has 0 bridgehead atoms. The maximum atomic E-state index is 15.3. The third-order valence-electron chi connectivity index (χ3n) is 6.59. The largest absolute Gasteiger partial charge is 0.414 e. The number of piperazine rings is 1. The van der Waals surface area contributed by atoms with E-state index in [1.54, 1.807) is 12.1 Å². The number of hydrogen-bond acceptors (Lipinski definition) is 5. The number of hydrogen-bond donors (Lipinski definition) is 1. The molecular formula is C25H25F4N5O2. The summed E-state index contributed by atoms with van der Waals surface area (Å²) in [6.07, 6.45) is -0.918. The number of halogens is 4. The quantitative estimate of drug-likeness (QED) is 0.637. The van der Waals surface area contributed by atoms with Gasteiger partial charge in [0.2, 0.25) is 5.91 Å². The fraction of sp³-hybridized carbons (Fsp3) is 0.360. The summed E-state index contributed by atoms with van der Waals surface area (Å²) >= 11 is 0. The van der Waals surface area contributed by atoms with Crippen molar-refractivity contribution >= 4 is 29.4 Å². The highest BCUT2D eigenvalue weighted by atomic mass is 19.4. The summed E-state index contributed by atoms with van der Waals surface area (Å²) in [6, 6.07) is 6.16. The Hall–Kier alpha value is -3.60. The average Bonchev–Trinajstić information content (AvgIpc) is 2.83. The first-order chi connectivity index (χ1) is 17.0. The highest BCUT2D eigenvalue weighted by molar-refractivity contribution is 6.11. The van der Waals surface area contributed by atoms with Crippen molar-refractivity contribution in [3.63, 3.8) is 0 Å². The molecule has 2 amide bonds. The van der Waals surface area contributed by atoms with Gasteiger partial charge >= 0.3 is 6.18 Å². The van der Waals surface area contributed by atoms with Gasteiger partial charge in [-0.05, 0) is 39.1 Å². The van der Waals surface area contributed by atoms with Crippen LogP contribution in [0.3, 0.4) is 0 Å². The van der Waals surface area contributed by atoms with Gasteiger partial charge in [-0.25, -0.2) is 9.38 Å². The predicted octanol–water partition coefficient (Wildman–Crippen LogP) is 4.07. The Morgan fingerprint density at radius 1 is 1.17 bits per heavy atom. The summed E-state index contributed by atoms with van der Waals surface area (Å²) in [7, 11) is 1.98. The van der Waals surface area contributed by atoms with Gasteiger partial charge in [-0.1, -0.05) is 6.07 Å². The molecule has 0 radical (unpaired) electrons. The number of benzene rings is 1. The molecule has 1 aromatic heterocycles. The minimum absolute atomic E-state index is 0.106. The van der Waals surface area contributed by atoms with E-state index in [9.17, 15) is 22.8 Å². The summed E-state index contributed by atoms with van der Waals surface area (Å²) < 4.78 is 56.0. The van der Waals surface area contributed by atoms with Crippen LogP contribution in [0.5, 0.6) is 0 Å². The Labute approximate surface area is 205 Å². The van der Waals surface area contributed by atoms with Crippen LogP contribution in [-0.4, -0.2) is 66.3 Å². The normalized spacial score (nSPS) is 23.0. The van der Waals surface area contributed by atoms with Crippen LogP contribution in [0.2, 0.25) is 0 Å². The molecule has 2 aliphatic heterocycles. The topological polar surface area (TPSA) is 77.9 Å². The highest BCUT2D eigenvalue weighted by Gasteiger charge is 2.43. The first-order valence-corrected chi connectivity index (χ1v) is 11.3. The van der Waals surface area contributed by atoms with Crippen LogP contribution >= 0.6 is 0 Å². The van der Waals surface area contributed by atoms with Crippen LogP contribution in [0.4, 0.5) is 28.9 Å². The molecule has 190 valence electrons. The number of dihydropyridines is 1. The van der Waals surface area contributed by atoms with Crippen molar-refractivity contribution in [2.75, 3.05) is 30.4 Å². The summed E-state index contributed by atoms with van der Waals surface area (Å²) in [5.41, 5.74) is -0.231. The van der Waals surface area contributed by atoms with E-state index in [2.05, 4.69) is 20.2 Å². The Balaban J connectivity index is 1.76. The lowest BCUT2D eigenvalue weighted by Gasteiger charge is -2.44. The summed E-state index contributed by atoms with van der Waals surface area (Å²) in [4.78, 5) is 36.0. The lowest BCUT2D eigenvalue weighted by atomic mass is 9.95. The van der Waals surface area contributed by atoms with Crippen molar-refractivity contribution in [1.82, 2.24) is 9.88 Å². The summed E-state index contributed by atoms with van der Waals surface area (Å²) in [6.45, 7) is 5.05. The second-order valence-corrected chi connectivity index (χ2v) is 9.04. The first kappa shape index (κ1) is 25.5. The van der Waals surface area contributed by atoms with Gasteiger partial charge in [0.25, 0.3) is 5.91 Å². The molecular weight excluding hydrogens is 478 g/mol. The zero-order valence-electron chi connectivity index (χ0n) is 19.9. The van der Waals surface area contributed by atoms with E-state index in [4.69, 9.17) is 0 Å². The maximum absolute atomic E-state index is 15.3. The minimum Gasteiger partial charge on any atom is -0.367 e. The Bertz CT molecular complexity index is 1220. The van der Waals surface area contributed by atoms with Crippen LogP contribution in [-0.2, 0) is 9.59 Å². The third-order valence-corrected chi connectivity index (χ3v) is 6.59. The number of nitrogens with one attached hydrogen (secondary N) is 1. The van der Waals surface area contributed by atoms with E-state index >= 15 is 4.39 Å². The zero-order valence-corrected chi connectivity index (χ0v) is 19.9. The Kier molecular flexibility index (Phi) is 6.94. The van der Waals surface area contributed by atoms with Crippen molar-refractivity contribution < 1.29 is 27.2 Å². The summed E-state index contributed by atoms with van der Waals surface area (Å²) in [5, 5.41) is 2.55. The fourth-order valence-corrected chi connectivity index (χ4v) is 4.43. The molecule has 1 fully saturated rings. The van der Waals surface area contributed by atoms with Crippen molar-refractivity contribution in [1.29, 1.82) is 0 Å². The lowest BCUT2D eigenvalue weighted by Crippen LogP contribution is -2.55. The molecule has 1 unspecified atom stereocenters. The highest BCUT2D eigenvalue weighted by Crippen LogP contribution is 2.37. The molecule has 1 saturated heterocycles. The Morgan fingerprint density at radius 3 is 2.47 bits per heavy atom. The summed E-state index contributed by atoms with van der Waals surface area (Å²) in [5.74, 6) is -4.51. The van der Waals surface area contributed by atoms with Crippen LogP contribution in [0.1, 0.15) is 13.8 Å². The smallest absolute Gasteiger partial charge is 0.367 e. The van der Waals surface area contributed by atoms with Crippen LogP contribution < -0.4 is 10.2 Å². The second kappa shape index (κ2) is 9.81. The number of carbonyl (C=O) groups is 2. The van der Waals surface area contributed by atoms with Gasteiger partial charge in [-0.15, -0.1) is 0 Å². The molecule has 1 aromatic carbocycles. The number of pyridine rings is 1. The lowest BCUT2D eigenvalue weighted by molar-refractivity contribution is -0.124. The van der Waals surface area contributed by atoms with Crippen molar-refractivity contribution in [2.24, 2.45) is 10.9 Å². The van der Waals surface area contributed by atoms with Gasteiger partial charge in [0, 0.05) is 61.0 Å². The second-order valence-electron chi connectivity index (χ2n) is 9.04. The molecule has 36 heavy (non-hydrogen) atoms. The van der Waals surface area contributed by atoms with E-state index in [1.165, 1.54) is 24.5 Å². The van der Waals surface area contributed by atoms with E-state index < -0.39 is 35.3 Å². The van der Waals surface area contributed by atoms with Crippen LogP contribution in [0.15, 0.2) is 53.3 Å². The number of aromatic nitrogens is 1. The SMILES string of the molecule is C[C@@H]1CN(c2cc(F)c(-c3cccnc3)cc2NC(=O)C2C=NC(=O)C=C2C(F)(F)F)C[C@H](C)N1C. The van der Waals surface area contributed by atoms with E-state index in [1.807, 2.05) is 25.8 Å². The average molecular weight is 504 g/mol. The van der Waals surface area contributed by atoms with Crippen molar-refractivity contribution in [3.05, 3.63) is 54.1 Å².